The van der Waals surface area contributed by atoms with Crippen LogP contribution in [-0.2, 0) is 0 Å². The molecule has 0 amide bonds. The van der Waals surface area contributed by atoms with Crippen molar-refractivity contribution in [1.82, 2.24) is 4.90 Å². The molecule has 2 atom stereocenters. The van der Waals surface area contributed by atoms with E-state index in [0.717, 1.165) is 25.1 Å². The standard InChI is InChI=1S/C16H30N2O/c1-6-14(7-2)18(11-12(3)4)16(13(5)17)15-9-8-10-19-15/h8-10,12-14,16H,6-7,11,17H2,1-5H3. The normalized spacial score (nSPS) is 15.4. The molecule has 0 saturated heterocycles. The Morgan fingerprint density at radius 3 is 2.21 bits per heavy atom. The van der Waals surface area contributed by atoms with Crippen molar-refractivity contribution in [1.29, 1.82) is 0 Å². The Balaban J connectivity index is 3.03. The number of rotatable bonds is 8. The van der Waals surface area contributed by atoms with E-state index in [4.69, 9.17) is 10.2 Å². The van der Waals surface area contributed by atoms with Crippen LogP contribution in [0.3, 0.4) is 0 Å². The SMILES string of the molecule is CCC(CC)N(CC(C)C)C(c1ccco1)C(C)N. The van der Waals surface area contributed by atoms with Crippen molar-refractivity contribution in [2.45, 2.75) is 65.6 Å². The number of hydrogen-bond acceptors (Lipinski definition) is 3. The molecule has 0 aliphatic rings. The fraction of sp³-hybridized carbons (Fsp3) is 0.750. The van der Waals surface area contributed by atoms with Gasteiger partial charge in [0.1, 0.15) is 5.76 Å². The van der Waals surface area contributed by atoms with Crippen LogP contribution >= 0.6 is 0 Å². The summed E-state index contributed by atoms with van der Waals surface area (Å²) in [6, 6.07) is 4.78. The summed E-state index contributed by atoms with van der Waals surface area (Å²) in [5.41, 5.74) is 6.25. The van der Waals surface area contributed by atoms with Crippen LogP contribution in [0.5, 0.6) is 0 Å². The third-order valence-electron chi connectivity index (χ3n) is 3.68. The summed E-state index contributed by atoms with van der Waals surface area (Å²) in [6.45, 7) is 12.2. The molecular formula is C16H30N2O. The molecule has 1 aromatic heterocycles. The fourth-order valence-electron chi connectivity index (χ4n) is 2.85. The van der Waals surface area contributed by atoms with Crippen LogP contribution in [0.4, 0.5) is 0 Å². The number of nitrogens with zero attached hydrogens (tertiary/aromatic N) is 1. The quantitative estimate of drug-likeness (QED) is 0.778. The Kier molecular flexibility index (Phi) is 6.59. The summed E-state index contributed by atoms with van der Waals surface area (Å²) in [4.78, 5) is 2.54. The zero-order chi connectivity index (χ0) is 14.4. The number of furan rings is 1. The molecule has 19 heavy (non-hydrogen) atoms. The topological polar surface area (TPSA) is 42.4 Å². The summed E-state index contributed by atoms with van der Waals surface area (Å²) in [6.07, 6.45) is 4.03. The van der Waals surface area contributed by atoms with E-state index >= 15 is 0 Å². The molecule has 0 fully saturated rings. The lowest BCUT2D eigenvalue weighted by atomic mass is 9.99. The molecule has 1 rings (SSSR count). The van der Waals surface area contributed by atoms with E-state index in [9.17, 15) is 0 Å². The molecule has 3 nitrogen and oxygen atoms in total. The Morgan fingerprint density at radius 1 is 1.21 bits per heavy atom. The Labute approximate surface area is 118 Å². The van der Waals surface area contributed by atoms with Crippen molar-refractivity contribution in [2.24, 2.45) is 11.7 Å². The lowest BCUT2D eigenvalue weighted by Crippen LogP contribution is -2.46. The van der Waals surface area contributed by atoms with Crippen LogP contribution in [0.25, 0.3) is 0 Å². The van der Waals surface area contributed by atoms with Gasteiger partial charge in [0.25, 0.3) is 0 Å². The predicted octanol–water partition coefficient (Wildman–Crippen LogP) is 3.81. The van der Waals surface area contributed by atoms with Gasteiger partial charge >= 0.3 is 0 Å². The van der Waals surface area contributed by atoms with Crippen LogP contribution in [0, 0.1) is 5.92 Å². The first-order valence-corrected chi connectivity index (χ1v) is 7.55. The van der Waals surface area contributed by atoms with E-state index in [0.29, 0.717) is 12.0 Å². The van der Waals surface area contributed by atoms with Gasteiger partial charge in [-0.3, -0.25) is 4.90 Å². The van der Waals surface area contributed by atoms with Gasteiger partial charge in [0.05, 0.1) is 12.3 Å². The highest BCUT2D eigenvalue weighted by atomic mass is 16.3. The molecule has 0 bridgehead atoms. The van der Waals surface area contributed by atoms with Gasteiger partial charge in [-0.1, -0.05) is 27.7 Å². The van der Waals surface area contributed by atoms with Crippen molar-refractivity contribution < 1.29 is 4.42 Å². The third-order valence-corrected chi connectivity index (χ3v) is 3.68. The molecule has 0 aliphatic carbocycles. The van der Waals surface area contributed by atoms with Crippen LogP contribution in [0.15, 0.2) is 22.8 Å². The van der Waals surface area contributed by atoms with Gasteiger partial charge < -0.3 is 10.2 Å². The van der Waals surface area contributed by atoms with Crippen LogP contribution in [0.2, 0.25) is 0 Å². The van der Waals surface area contributed by atoms with Gasteiger partial charge in [-0.15, -0.1) is 0 Å². The first-order valence-electron chi connectivity index (χ1n) is 7.55. The highest BCUT2D eigenvalue weighted by Gasteiger charge is 2.30. The van der Waals surface area contributed by atoms with Gasteiger partial charge in [0.15, 0.2) is 0 Å². The molecule has 1 heterocycles. The zero-order valence-electron chi connectivity index (χ0n) is 13.1. The summed E-state index contributed by atoms with van der Waals surface area (Å²) >= 11 is 0. The average Bonchev–Trinajstić information content (AvgIpc) is 2.83. The Hall–Kier alpha value is -0.800. The average molecular weight is 266 g/mol. The molecule has 0 spiro atoms. The minimum absolute atomic E-state index is 0.0606. The summed E-state index contributed by atoms with van der Waals surface area (Å²) < 4.78 is 5.64. The van der Waals surface area contributed by atoms with Gasteiger partial charge in [0.2, 0.25) is 0 Å². The molecule has 2 unspecified atom stereocenters. The lowest BCUT2D eigenvalue weighted by molar-refractivity contribution is 0.0822. The minimum Gasteiger partial charge on any atom is -0.468 e. The molecule has 0 aromatic carbocycles. The second-order valence-corrected chi connectivity index (χ2v) is 5.88. The Bertz CT molecular complexity index is 329. The van der Waals surface area contributed by atoms with Crippen molar-refractivity contribution in [2.75, 3.05) is 6.54 Å². The van der Waals surface area contributed by atoms with Crippen molar-refractivity contribution in [3.8, 4) is 0 Å². The molecule has 1 aromatic rings. The molecular weight excluding hydrogens is 236 g/mol. The molecule has 0 saturated carbocycles. The molecule has 3 heteroatoms. The maximum atomic E-state index is 6.25. The van der Waals surface area contributed by atoms with Crippen LogP contribution < -0.4 is 5.73 Å². The molecule has 0 radical (unpaired) electrons. The summed E-state index contributed by atoms with van der Waals surface area (Å²) in [5, 5.41) is 0. The van der Waals surface area contributed by atoms with Crippen LogP contribution in [0.1, 0.15) is 59.3 Å². The first-order chi connectivity index (χ1) is 9.01. The number of hydrogen-bond donors (Lipinski definition) is 1. The maximum absolute atomic E-state index is 6.25. The third kappa shape index (κ3) is 4.36. The van der Waals surface area contributed by atoms with E-state index in [1.807, 2.05) is 12.1 Å². The van der Waals surface area contributed by atoms with Gasteiger partial charge in [-0.25, -0.2) is 0 Å². The molecule has 0 aliphatic heterocycles. The number of nitrogens with two attached hydrogens (primary N) is 1. The summed E-state index contributed by atoms with van der Waals surface area (Å²) in [7, 11) is 0. The minimum atomic E-state index is 0.0606. The van der Waals surface area contributed by atoms with E-state index in [1.54, 1.807) is 6.26 Å². The molecule has 110 valence electrons. The zero-order valence-corrected chi connectivity index (χ0v) is 13.1. The maximum Gasteiger partial charge on any atom is 0.122 e. The first kappa shape index (κ1) is 16.3. The fourth-order valence-corrected chi connectivity index (χ4v) is 2.85. The summed E-state index contributed by atoms with van der Waals surface area (Å²) in [5.74, 6) is 1.61. The van der Waals surface area contributed by atoms with Crippen molar-refractivity contribution in [3.63, 3.8) is 0 Å². The smallest absolute Gasteiger partial charge is 0.122 e. The van der Waals surface area contributed by atoms with Gasteiger partial charge in [-0.05, 0) is 37.8 Å². The van der Waals surface area contributed by atoms with E-state index < -0.39 is 0 Å². The van der Waals surface area contributed by atoms with Gasteiger partial charge in [0, 0.05) is 18.6 Å². The predicted molar refractivity (Wildman–Crippen MR) is 81.0 cm³/mol. The van der Waals surface area contributed by atoms with E-state index in [2.05, 4.69) is 39.5 Å². The Morgan fingerprint density at radius 2 is 1.84 bits per heavy atom. The highest BCUT2D eigenvalue weighted by molar-refractivity contribution is 5.08. The van der Waals surface area contributed by atoms with Gasteiger partial charge in [-0.2, -0.15) is 0 Å². The lowest BCUT2D eigenvalue weighted by Gasteiger charge is -2.39. The second-order valence-electron chi connectivity index (χ2n) is 5.88. The van der Waals surface area contributed by atoms with Crippen molar-refractivity contribution in [3.05, 3.63) is 24.2 Å². The second kappa shape index (κ2) is 7.71. The monoisotopic (exact) mass is 266 g/mol. The highest BCUT2D eigenvalue weighted by Crippen LogP contribution is 2.29. The van der Waals surface area contributed by atoms with E-state index in [1.165, 1.54) is 0 Å². The van der Waals surface area contributed by atoms with Crippen LogP contribution in [-0.4, -0.2) is 23.5 Å². The molecule has 2 N–H and O–H groups in total. The van der Waals surface area contributed by atoms with Crippen molar-refractivity contribution >= 4 is 0 Å². The largest absolute Gasteiger partial charge is 0.468 e. The van der Waals surface area contributed by atoms with E-state index in [-0.39, 0.29) is 12.1 Å².